The minimum Gasteiger partial charge on any atom is -0.494 e. The molecule has 0 unspecified atom stereocenters. The first-order chi connectivity index (χ1) is 5.26. The number of rotatable bonds is 5. The average molecular weight is 152 g/mol. The van der Waals surface area contributed by atoms with Crippen LogP contribution in [0.4, 0.5) is 0 Å². The molecular weight excluding hydrogens is 136 g/mol. The Kier molecular flexibility index (Phi) is 5.26. The van der Waals surface area contributed by atoms with Crippen LogP contribution in [0.25, 0.3) is 0 Å². The van der Waals surface area contributed by atoms with E-state index in [1.165, 1.54) is 0 Å². The van der Waals surface area contributed by atoms with Crippen LogP contribution in [0.3, 0.4) is 0 Å². The van der Waals surface area contributed by atoms with E-state index in [-0.39, 0.29) is 0 Å². The molecule has 0 aliphatic carbocycles. The zero-order valence-corrected chi connectivity index (χ0v) is 7.39. The Bertz CT molecular complexity index is 166. The first-order valence-corrected chi connectivity index (χ1v) is 3.90. The van der Waals surface area contributed by atoms with Crippen molar-refractivity contribution in [1.29, 1.82) is 0 Å². The molecular formula is C10H16O. The summed E-state index contributed by atoms with van der Waals surface area (Å²) in [7, 11) is 0. The Morgan fingerprint density at radius 1 is 1.45 bits per heavy atom. The van der Waals surface area contributed by atoms with Gasteiger partial charge in [0.2, 0.25) is 0 Å². The molecule has 0 saturated heterocycles. The van der Waals surface area contributed by atoms with Gasteiger partial charge in [-0.05, 0) is 13.3 Å². The summed E-state index contributed by atoms with van der Waals surface area (Å²) < 4.78 is 5.21. The third kappa shape index (κ3) is 3.66. The third-order valence-electron chi connectivity index (χ3n) is 1.28. The van der Waals surface area contributed by atoms with Crippen LogP contribution in [0.15, 0.2) is 36.6 Å². The lowest BCUT2D eigenvalue weighted by molar-refractivity contribution is 0.240. The van der Waals surface area contributed by atoms with Gasteiger partial charge in [-0.2, -0.15) is 0 Å². The van der Waals surface area contributed by atoms with E-state index in [4.69, 9.17) is 4.74 Å². The van der Waals surface area contributed by atoms with Crippen molar-refractivity contribution in [3.05, 3.63) is 36.6 Å². The van der Waals surface area contributed by atoms with Crippen molar-refractivity contribution in [3.63, 3.8) is 0 Å². The Labute approximate surface area is 69.1 Å². The molecule has 0 bridgehead atoms. The highest BCUT2D eigenvalue weighted by atomic mass is 16.5. The molecule has 0 saturated carbocycles. The summed E-state index contributed by atoms with van der Waals surface area (Å²) in [6, 6.07) is 0. The van der Waals surface area contributed by atoms with E-state index in [2.05, 4.69) is 20.1 Å². The first kappa shape index (κ1) is 10.0. The van der Waals surface area contributed by atoms with Gasteiger partial charge in [0.05, 0.1) is 6.61 Å². The molecule has 0 aromatic rings. The van der Waals surface area contributed by atoms with Gasteiger partial charge in [-0.25, -0.2) is 0 Å². The van der Waals surface area contributed by atoms with Crippen molar-refractivity contribution >= 4 is 0 Å². The first-order valence-electron chi connectivity index (χ1n) is 3.90. The predicted octanol–water partition coefficient (Wildman–Crippen LogP) is 3.06. The molecule has 1 heteroatoms. The lowest BCUT2D eigenvalue weighted by Crippen LogP contribution is -1.91. The number of ether oxygens (including phenoxy) is 1. The van der Waals surface area contributed by atoms with Gasteiger partial charge in [0.25, 0.3) is 0 Å². The van der Waals surface area contributed by atoms with E-state index < -0.39 is 0 Å². The van der Waals surface area contributed by atoms with Crippen molar-refractivity contribution in [2.75, 3.05) is 6.61 Å². The number of hydrogen-bond donors (Lipinski definition) is 0. The summed E-state index contributed by atoms with van der Waals surface area (Å²) in [6.45, 7) is 12.1. The zero-order chi connectivity index (χ0) is 8.69. The standard InChI is InChI=1S/C10H16O/c1-5-8-10(6-2)9(4)11-7-3/h6,8H,2,4-5,7H2,1,3H3. The van der Waals surface area contributed by atoms with Crippen LogP contribution in [0.1, 0.15) is 20.3 Å². The fourth-order valence-corrected chi connectivity index (χ4v) is 0.788. The molecule has 0 N–H and O–H groups in total. The van der Waals surface area contributed by atoms with Crippen LogP contribution < -0.4 is 0 Å². The van der Waals surface area contributed by atoms with E-state index in [1.54, 1.807) is 6.08 Å². The predicted molar refractivity (Wildman–Crippen MR) is 49.3 cm³/mol. The van der Waals surface area contributed by atoms with Crippen LogP contribution in [0.2, 0.25) is 0 Å². The molecule has 0 fully saturated rings. The minimum absolute atomic E-state index is 0.660. The van der Waals surface area contributed by atoms with Gasteiger partial charge in [0.1, 0.15) is 5.76 Å². The molecule has 0 aliphatic rings. The molecule has 62 valence electrons. The Hall–Kier alpha value is -0.980. The monoisotopic (exact) mass is 152 g/mol. The third-order valence-corrected chi connectivity index (χ3v) is 1.28. The fourth-order valence-electron chi connectivity index (χ4n) is 0.788. The smallest absolute Gasteiger partial charge is 0.118 e. The highest BCUT2D eigenvalue weighted by Gasteiger charge is 1.96. The van der Waals surface area contributed by atoms with Crippen molar-refractivity contribution in [3.8, 4) is 0 Å². The number of allylic oxidation sites excluding steroid dienone is 2. The molecule has 0 heterocycles. The second-order valence-electron chi connectivity index (χ2n) is 2.13. The molecule has 0 spiro atoms. The van der Waals surface area contributed by atoms with E-state index in [1.807, 2.05) is 13.0 Å². The Morgan fingerprint density at radius 3 is 2.45 bits per heavy atom. The van der Waals surface area contributed by atoms with Crippen molar-refractivity contribution in [1.82, 2.24) is 0 Å². The molecule has 0 aromatic carbocycles. The van der Waals surface area contributed by atoms with Crippen molar-refractivity contribution in [2.45, 2.75) is 20.3 Å². The molecule has 0 radical (unpaired) electrons. The molecule has 0 aliphatic heterocycles. The molecule has 1 nitrogen and oxygen atoms in total. The highest BCUT2D eigenvalue weighted by molar-refractivity contribution is 5.32. The average Bonchev–Trinajstić information content (AvgIpc) is 2.00. The van der Waals surface area contributed by atoms with E-state index in [0.29, 0.717) is 12.4 Å². The largest absolute Gasteiger partial charge is 0.494 e. The second kappa shape index (κ2) is 5.78. The second-order valence-corrected chi connectivity index (χ2v) is 2.13. The van der Waals surface area contributed by atoms with E-state index in [9.17, 15) is 0 Å². The van der Waals surface area contributed by atoms with Gasteiger partial charge < -0.3 is 4.74 Å². The zero-order valence-electron chi connectivity index (χ0n) is 7.39. The van der Waals surface area contributed by atoms with Gasteiger partial charge in [-0.15, -0.1) is 0 Å². The Morgan fingerprint density at radius 2 is 2.09 bits per heavy atom. The lowest BCUT2D eigenvalue weighted by Gasteiger charge is -2.06. The van der Waals surface area contributed by atoms with E-state index >= 15 is 0 Å². The van der Waals surface area contributed by atoms with E-state index in [0.717, 1.165) is 12.0 Å². The van der Waals surface area contributed by atoms with Gasteiger partial charge in [-0.3, -0.25) is 0 Å². The van der Waals surface area contributed by atoms with Crippen LogP contribution in [-0.2, 0) is 4.74 Å². The highest BCUT2D eigenvalue weighted by Crippen LogP contribution is 2.10. The summed E-state index contributed by atoms with van der Waals surface area (Å²) in [4.78, 5) is 0. The van der Waals surface area contributed by atoms with Gasteiger partial charge in [0.15, 0.2) is 0 Å². The molecule has 0 rings (SSSR count). The summed E-state index contributed by atoms with van der Waals surface area (Å²) >= 11 is 0. The van der Waals surface area contributed by atoms with Gasteiger partial charge in [-0.1, -0.05) is 32.2 Å². The van der Waals surface area contributed by atoms with Crippen LogP contribution in [-0.4, -0.2) is 6.61 Å². The van der Waals surface area contributed by atoms with Crippen LogP contribution in [0, 0.1) is 0 Å². The maximum absolute atomic E-state index is 5.21. The van der Waals surface area contributed by atoms with Crippen LogP contribution >= 0.6 is 0 Å². The summed E-state index contributed by atoms with van der Waals surface area (Å²) in [5, 5.41) is 0. The summed E-state index contributed by atoms with van der Waals surface area (Å²) in [5.41, 5.74) is 0.995. The summed E-state index contributed by atoms with van der Waals surface area (Å²) in [6.07, 6.45) is 4.79. The van der Waals surface area contributed by atoms with Crippen molar-refractivity contribution < 1.29 is 4.74 Å². The molecule has 0 aromatic heterocycles. The SMILES string of the molecule is C=CC(=CCC)C(=C)OCC. The van der Waals surface area contributed by atoms with Crippen LogP contribution in [0.5, 0.6) is 0 Å². The maximum atomic E-state index is 5.21. The van der Waals surface area contributed by atoms with Crippen molar-refractivity contribution in [2.24, 2.45) is 0 Å². The molecule has 0 amide bonds. The van der Waals surface area contributed by atoms with Gasteiger partial charge in [0, 0.05) is 5.57 Å². The quantitative estimate of drug-likeness (QED) is 0.434. The lowest BCUT2D eigenvalue weighted by atomic mass is 10.2. The molecule has 0 atom stereocenters. The maximum Gasteiger partial charge on any atom is 0.118 e. The molecule has 11 heavy (non-hydrogen) atoms. The summed E-state index contributed by atoms with van der Waals surface area (Å²) in [5.74, 6) is 0.712. The normalized spacial score (nSPS) is 10.9. The number of hydrogen-bond acceptors (Lipinski definition) is 1. The Balaban J connectivity index is 4.14. The topological polar surface area (TPSA) is 9.23 Å². The fraction of sp³-hybridized carbons (Fsp3) is 0.400. The minimum atomic E-state index is 0.660. The van der Waals surface area contributed by atoms with Gasteiger partial charge >= 0.3 is 0 Å².